The number of carbonyl (C=O) groups is 8. The Bertz CT molecular complexity index is 3150. The molecule has 0 saturated carbocycles. The third-order valence-corrected chi connectivity index (χ3v) is 29.5. The van der Waals surface area contributed by atoms with E-state index in [0.717, 1.165) is 94.1 Å². The Morgan fingerprint density at radius 2 is 0.273 bits per heavy atom. The largest absolute Gasteiger partial charge is 0.481 e. The SMILES string of the molecule is [2H]O[C@@H]1[C@@H](O[2H])[C@H]2OC3[C@@H](CSCCC(=O)O)O[C@H](O[C@H]4[C@H](O[2H])[C@@H](O[2H])[C@@H](O[C@H]5[C@H](O[2H])[C@@H](O[2H])[C@@H](O[C@H]6[C@H](O[2H])[C@@H](O[2H])[C@@H](O[C@H]7[C@H](O[2H])[C@@H](O[2H])[C@@H](O[C@H]8[C@H](O[2H])[C@@H](O[2H])[C@@H](O[C@H]9[C@H](O[2H])[C@@H](O[2H])[C@@H](O[C@@H]1[C@@H](CSCCC(=O)O)O2)O[C@@H]9CSCCC(=O)O)O[C@@H]8CSCCC(=O)O)O[C@@H]7CSCCC(=O)O)O[C@@H]6CSCCC(=O)O)O[C@@H]5CSCCC(=O)O)O[C@@H]4CSCCC(=O)O)[C@H](O[2H])[C@H]3O[2H]. The van der Waals surface area contributed by atoms with Crippen molar-refractivity contribution in [3.8, 4) is 0 Å². The number of carboxylic acid groups (broad SMARTS) is 8. The Morgan fingerprint density at radius 3 is 0.359 bits per heavy atom. The number of ether oxygens (including phenoxy) is 16. The second kappa shape index (κ2) is 52.7. The zero-order valence-electron chi connectivity index (χ0n) is 83.2. The van der Waals surface area contributed by atoms with Gasteiger partial charge < -0.3 is 198 Å². The van der Waals surface area contributed by atoms with E-state index in [0.29, 0.717) is 0 Å². The molecule has 0 spiro atoms. The van der Waals surface area contributed by atoms with Gasteiger partial charge in [-0.1, -0.05) is 0 Å². The molecule has 0 radical (unpaired) electrons. The number of hydrogen-bond acceptors (Lipinski definition) is 48. The molecule has 24 N–H and O–H groups in total. The molecule has 40 atom stereocenters. The average molecular weight is 2020 g/mol. The van der Waals surface area contributed by atoms with Crippen molar-refractivity contribution >= 4 is 142 Å². The van der Waals surface area contributed by atoms with Crippen molar-refractivity contribution in [3.05, 3.63) is 0 Å². The normalized spacial score (nSPS) is 43.1. The van der Waals surface area contributed by atoms with Gasteiger partial charge in [0.1, 0.15) is 146 Å². The fraction of sp³-hybridized carbons (Fsp3) is 0.889. The average Bonchev–Trinajstić information content (AvgIpc) is 0.758. The third-order valence-electron chi connectivity index (χ3n) is 21.0. The van der Waals surface area contributed by atoms with Gasteiger partial charge in [-0.05, 0) is 0 Å². The molecule has 0 aromatic heterocycles. The molecule has 30 aliphatic heterocycles. The van der Waals surface area contributed by atoms with Gasteiger partial charge >= 0.3 is 47.8 Å². The molecule has 30 heterocycles. The first kappa shape index (κ1) is 86.8. The molecule has 30 rings (SSSR count). The van der Waals surface area contributed by atoms with Crippen molar-refractivity contribution < 1.29 is 237 Å². The van der Waals surface area contributed by atoms with Crippen LogP contribution < -0.4 is 0 Å². The van der Waals surface area contributed by atoms with E-state index < -0.39 is 391 Å². The lowest BCUT2D eigenvalue weighted by Crippen LogP contribution is -2.69. The molecule has 1 unspecified atom stereocenters. The first-order chi connectivity index (χ1) is 69.3. The second-order valence-corrected chi connectivity index (χ2v) is 39.5. The van der Waals surface area contributed by atoms with Crippen molar-refractivity contribution in [1.82, 2.24) is 0 Å². The Labute approximate surface area is 787 Å². The molecule has 0 aliphatic carbocycles. The highest BCUT2D eigenvalue weighted by Gasteiger charge is 2.61. The van der Waals surface area contributed by atoms with Crippen LogP contribution in [0.15, 0.2) is 0 Å². The Morgan fingerprint density at radius 1 is 0.172 bits per heavy atom. The van der Waals surface area contributed by atoms with Gasteiger partial charge in [0.2, 0.25) is 22.9 Å². The van der Waals surface area contributed by atoms with Crippen molar-refractivity contribution in [1.29, 1.82) is 22.9 Å². The van der Waals surface area contributed by atoms with Gasteiger partial charge in [0.05, 0.1) is 100 Å². The molecular formula is C72H112O48S8. The number of hydrogen-bond donors (Lipinski definition) is 24. The molecule has 30 saturated heterocycles. The number of rotatable bonds is 56. The van der Waals surface area contributed by atoms with Gasteiger partial charge in [0, 0.05) is 92.0 Å². The Hall–Kier alpha value is -2.72. The van der Waals surface area contributed by atoms with Crippen LogP contribution in [-0.4, -0.2) is 531 Å². The topological polar surface area (TPSA) is 770 Å². The van der Waals surface area contributed by atoms with Gasteiger partial charge in [-0.3, -0.25) is 38.4 Å². The summed E-state index contributed by atoms with van der Waals surface area (Å²) >= 11 is 6.98. The lowest BCUT2D eigenvalue weighted by atomic mass is 9.95. The molecule has 30 fully saturated rings. The predicted molar refractivity (Wildman–Crippen MR) is 441 cm³/mol. The third kappa shape index (κ3) is 30.6. The molecular weight excluding hydrogens is 1890 g/mol. The lowest BCUT2D eigenvalue weighted by Gasteiger charge is -2.51. The van der Waals surface area contributed by atoms with Gasteiger partial charge in [0.25, 0.3) is 0 Å². The van der Waals surface area contributed by atoms with Crippen LogP contribution >= 0.6 is 94.1 Å². The minimum absolute atomic E-state index is 0.202. The monoisotopic (exact) mass is 2020 g/mol. The van der Waals surface area contributed by atoms with Crippen molar-refractivity contribution in [3.63, 3.8) is 0 Å². The first-order valence-electron chi connectivity index (χ1n) is 46.6. The summed E-state index contributed by atoms with van der Waals surface area (Å²) < 4.78 is 245. The molecule has 128 heavy (non-hydrogen) atoms. The number of aliphatic hydroxyl groups is 16. The van der Waals surface area contributed by atoms with E-state index in [1.807, 2.05) is 0 Å². The zero-order valence-corrected chi connectivity index (χ0v) is 73.8. The van der Waals surface area contributed by atoms with Crippen LogP contribution in [0.5, 0.6) is 0 Å². The van der Waals surface area contributed by atoms with E-state index in [4.69, 9.17) is 180 Å². The summed E-state index contributed by atoms with van der Waals surface area (Å²) in [5, 5.41) is 163. The van der Waals surface area contributed by atoms with Crippen LogP contribution in [0.25, 0.3) is 0 Å². The van der Waals surface area contributed by atoms with E-state index in [9.17, 15) is 79.2 Å². The highest BCUT2D eigenvalue weighted by molar-refractivity contribution is 8.00. The van der Waals surface area contributed by atoms with Crippen LogP contribution in [-0.2, 0) is 114 Å². The maximum atomic E-state index is 12.1. The van der Waals surface area contributed by atoms with Gasteiger partial charge in [0.15, 0.2) is 50.3 Å². The van der Waals surface area contributed by atoms with Crippen LogP contribution in [0.3, 0.4) is 0 Å². The van der Waals surface area contributed by atoms with E-state index in [-0.39, 0.29) is 46.0 Å². The van der Waals surface area contributed by atoms with Gasteiger partial charge in [-0.25, -0.2) is 0 Å². The molecule has 0 amide bonds. The van der Waals surface area contributed by atoms with Crippen LogP contribution in [0, 0.1) is 0 Å². The molecule has 0 aromatic carbocycles. The number of thioether (sulfide) groups is 8. The standard InChI is InChI=1S/C72H112O48S8/c73-33(74)1-9-121-17-25-57-41(89)49(97)65(105-25)114-58-26(18-122-10-2-34(75)76)107-67(51(99)43(58)91)116-60-28(20-124-12-4-36(79)80)109-69(53(101)45(60)93)118-62-30(22-126-14-6-38(83)84)111-71(55(103)47(62)95)120-64-32(24-128-16-8-40(87)88)112-72(56(104)48(64)96)119-63-31(23-127-15-7-39(85)86)110-70(54(102)46(63)94)117-61-29(21-125-13-5-37(81)82)108-68(52(100)44(61)92)115-59-27(19-123-11-3-35(77)78)106-66(113-57)50(98)42(59)90/h25-32,41-72,89-104H,1-24H2,(H,73,74)(H,75,76)(H,77,78)(H,79,80)(H,81,82)(H,83,84)(H,85,86)(H,87,88)/t25-,26-,27-,28-,29-,30-,31-,32-,41-,42-,43-,44-,45-,46-,47-,48-,49-,50-,51-,52-,53-,54-,55-,56-,57-,58-,59-,60-,61-,62-,63-,64?,65-,66-,67-,68-,69-,70-,71-,72-/m1/s1/i89D,90D,91D,92D,93D,94D,95D,96D,97D,98D,99D,100D,101D,102D,103D,104D. The minimum Gasteiger partial charge on any atom is -0.481 e. The first-order valence-corrected chi connectivity index (χ1v) is 49.4. The molecule has 48 nitrogen and oxygen atoms in total. The Balaban J connectivity index is 1.23. The molecule has 16 bridgehead atoms. The smallest absolute Gasteiger partial charge is 0.304 e. The summed E-state index contributed by atoms with van der Waals surface area (Å²) in [7, 11) is 0. The van der Waals surface area contributed by atoms with Crippen molar-refractivity contribution in [2.75, 3.05) is 92.0 Å². The van der Waals surface area contributed by atoms with Crippen LogP contribution in [0.2, 0.25) is 0 Å². The Kier molecular flexibility index (Phi) is 35.8. The fourth-order valence-corrected chi connectivity index (χ4v) is 22.3. The molecule has 736 valence electrons. The second-order valence-electron chi connectivity index (χ2n) is 30.3. The molecule has 0 aromatic rings. The van der Waals surface area contributed by atoms with Crippen molar-refractivity contribution in [2.45, 2.75) is 297 Å². The summed E-state index contributed by atoms with van der Waals surface area (Å²) in [5.74, 6) is -15.3. The van der Waals surface area contributed by atoms with Gasteiger partial charge in [-0.15, -0.1) is 0 Å². The van der Waals surface area contributed by atoms with E-state index in [2.05, 4.69) is 0 Å². The predicted octanol–water partition coefficient (Wildman–Crippen LogP) is -7.68. The number of carboxylic acids is 8. The zero-order chi connectivity index (χ0) is 105. The van der Waals surface area contributed by atoms with Gasteiger partial charge in [-0.2, -0.15) is 94.1 Å². The maximum Gasteiger partial charge on any atom is 0.304 e. The van der Waals surface area contributed by atoms with E-state index >= 15 is 0 Å². The summed E-state index contributed by atoms with van der Waals surface area (Å²) in [6, 6.07) is 0. The van der Waals surface area contributed by atoms with E-state index in [1.165, 1.54) is 0 Å². The highest BCUT2D eigenvalue weighted by Crippen LogP contribution is 2.43. The van der Waals surface area contributed by atoms with Crippen molar-refractivity contribution in [2.24, 2.45) is 0 Å². The summed E-state index contributed by atoms with van der Waals surface area (Å²) in [5.41, 5.74) is 0. The van der Waals surface area contributed by atoms with E-state index in [1.54, 1.807) is 0 Å². The summed E-state index contributed by atoms with van der Waals surface area (Å²) in [4.78, 5) is 96.5. The highest BCUT2D eigenvalue weighted by atomic mass is 32.2. The summed E-state index contributed by atoms with van der Waals surface area (Å²) in [6.07, 6.45) is -83.2. The minimum atomic E-state index is -2.14. The van der Waals surface area contributed by atoms with Crippen LogP contribution in [0.1, 0.15) is 51.4 Å². The maximum absolute atomic E-state index is 12.1. The van der Waals surface area contributed by atoms with Crippen LogP contribution in [0.4, 0.5) is 0 Å². The molecule has 56 heteroatoms. The molecule has 30 aliphatic rings. The fourth-order valence-electron chi connectivity index (χ4n) is 14.4. The number of aliphatic hydroxyl groups excluding tert-OH is 16. The lowest BCUT2D eigenvalue weighted by molar-refractivity contribution is -0.396. The quantitative estimate of drug-likeness (QED) is 0.0252. The summed E-state index contributed by atoms with van der Waals surface area (Å²) in [6.45, 7) is 0. The number of aliphatic carboxylic acids is 8.